The van der Waals surface area contributed by atoms with Gasteiger partial charge in [0.15, 0.2) is 11.3 Å². The third-order valence-corrected chi connectivity index (χ3v) is 10.6. The predicted molar refractivity (Wildman–Crippen MR) is 214 cm³/mol. The summed E-state index contributed by atoms with van der Waals surface area (Å²) >= 11 is 5.90. The Morgan fingerprint density at radius 3 is 2.42 bits per heavy atom. The van der Waals surface area contributed by atoms with E-state index in [1.165, 1.54) is 24.8 Å². The highest BCUT2D eigenvalue weighted by molar-refractivity contribution is 6.31. The summed E-state index contributed by atoms with van der Waals surface area (Å²) in [5, 5.41) is 13.4. The van der Waals surface area contributed by atoms with Crippen LogP contribution in [0.5, 0.6) is 5.75 Å². The number of aromatic nitrogens is 1. The Kier molecular flexibility index (Phi) is 12.1. The molecule has 298 valence electrons. The maximum absolute atomic E-state index is 13.2. The number of halogens is 4. The summed E-state index contributed by atoms with van der Waals surface area (Å²) in [5.41, 5.74) is 3.59. The molecule has 0 aliphatic carbocycles. The van der Waals surface area contributed by atoms with Crippen molar-refractivity contribution in [2.24, 2.45) is 0 Å². The van der Waals surface area contributed by atoms with Crippen molar-refractivity contribution in [3.63, 3.8) is 0 Å². The van der Waals surface area contributed by atoms with Gasteiger partial charge in [-0.25, -0.2) is 9.69 Å². The Bertz CT molecular complexity index is 2220. The van der Waals surface area contributed by atoms with E-state index in [0.29, 0.717) is 28.6 Å². The number of likely N-dealkylation sites (N-methyl/N-ethyl adjacent to an activating group) is 1. The number of fused-ring (bicyclic) bond motifs is 1. The van der Waals surface area contributed by atoms with Crippen LogP contribution in [0.15, 0.2) is 101 Å². The second-order valence-electron chi connectivity index (χ2n) is 14.1. The normalized spacial score (nSPS) is 19.8. The van der Waals surface area contributed by atoms with Crippen LogP contribution < -0.4 is 30.5 Å². The monoisotopic (exact) mass is 801 g/mol. The van der Waals surface area contributed by atoms with Gasteiger partial charge in [-0.3, -0.25) is 4.79 Å². The number of alkyl halides is 3. The van der Waals surface area contributed by atoms with Crippen molar-refractivity contribution in [2.75, 3.05) is 56.7 Å². The number of carbonyl (C=O) groups excluding carboxylic acids is 2. The molecule has 4 heterocycles. The molecule has 5 aromatic rings. The third kappa shape index (κ3) is 9.10. The maximum atomic E-state index is 13.2. The van der Waals surface area contributed by atoms with Gasteiger partial charge >= 0.3 is 12.2 Å². The first-order valence-corrected chi connectivity index (χ1v) is 19.1. The number of anilines is 2. The van der Waals surface area contributed by atoms with Crippen LogP contribution in [0.4, 0.5) is 29.3 Å². The van der Waals surface area contributed by atoms with Crippen molar-refractivity contribution >= 4 is 52.0 Å². The number of nitrogens with zero attached hydrogens (tertiary/aromatic N) is 4. The van der Waals surface area contributed by atoms with Crippen molar-refractivity contribution in [1.82, 2.24) is 26.0 Å². The summed E-state index contributed by atoms with van der Waals surface area (Å²) in [6.45, 7) is 5.14. The molecular weight excluding hydrogens is 759 g/mol. The van der Waals surface area contributed by atoms with Crippen LogP contribution in [-0.4, -0.2) is 74.9 Å². The third-order valence-electron chi connectivity index (χ3n) is 10.4. The maximum Gasteiger partial charge on any atom is 0.437 e. The number of piperidine rings is 1. The Hall–Kier alpha value is -5.41. The number of nitrogens with one attached hydrogen (secondary N) is 3. The van der Waals surface area contributed by atoms with Crippen LogP contribution in [-0.2, 0) is 17.5 Å². The molecule has 15 heteroatoms. The van der Waals surface area contributed by atoms with E-state index in [4.69, 9.17) is 20.9 Å². The van der Waals surface area contributed by atoms with Gasteiger partial charge in [0, 0.05) is 72.7 Å². The summed E-state index contributed by atoms with van der Waals surface area (Å²) in [4.78, 5) is 31.0. The molecule has 0 bridgehead atoms. The van der Waals surface area contributed by atoms with E-state index in [0.717, 1.165) is 61.7 Å². The zero-order chi connectivity index (χ0) is 40.1. The average Bonchev–Trinajstić information content (AvgIpc) is 3.77. The first kappa shape index (κ1) is 39.8. The zero-order valence-electron chi connectivity index (χ0n) is 31.5. The molecule has 3 aliphatic heterocycles. The van der Waals surface area contributed by atoms with Crippen molar-refractivity contribution in [2.45, 2.75) is 37.6 Å². The summed E-state index contributed by atoms with van der Waals surface area (Å²) in [7, 11) is 3.60. The van der Waals surface area contributed by atoms with E-state index >= 15 is 0 Å². The lowest BCUT2D eigenvalue weighted by molar-refractivity contribution is -0.141. The van der Waals surface area contributed by atoms with Crippen LogP contribution in [0, 0.1) is 0 Å². The number of piperazine rings is 1. The molecule has 2 atom stereocenters. The molecule has 3 aliphatic rings. The Morgan fingerprint density at radius 1 is 0.982 bits per heavy atom. The number of urea groups is 1. The number of carbonyl (C=O) groups is 2. The van der Waals surface area contributed by atoms with Gasteiger partial charge in [-0.2, -0.15) is 13.2 Å². The van der Waals surface area contributed by atoms with Crippen LogP contribution >= 0.6 is 11.6 Å². The molecule has 3 fully saturated rings. The van der Waals surface area contributed by atoms with Gasteiger partial charge in [-0.1, -0.05) is 65.3 Å². The standard InChI is InChI=1S/C21H21ClN4O2.C21H22F3N3O2/c1-24-10-12-25(13-11-24)19-5-3-2-4-15(19)14-18-20(27)26(21(28)23-18)17-8-6-16(22)7-9-17;1-28-17-11-18-15(20(27-29-18)21(22,23)24)10-14(17)12-26-16-8-5-9-25-19(16)13-6-3-2-4-7-13/h2-9,14H,10-13H2,1H3,(H,23,28);2-4,6-7,10-11,16,19,25-26H,5,8-9,12H2,1H3/b18-14-;. The van der Waals surface area contributed by atoms with E-state index in [-0.39, 0.29) is 34.7 Å². The molecule has 57 heavy (non-hydrogen) atoms. The van der Waals surface area contributed by atoms with Crippen LogP contribution in [0.3, 0.4) is 0 Å². The van der Waals surface area contributed by atoms with Gasteiger partial charge in [0.05, 0.1) is 18.2 Å². The molecule has 11 nitrogen and oxygen atoms in total. The van der Waals surface area contributed by atoms with Crippen molar-refractivity contribution in [3.05, 3.63) is 124 Å². The van der Waals surface area contributed by atoms with Crippen molar-refractivity contribution < 1.29 is 32.0 Å². The van der Waals surface area contributed by atoms with Gasteiger partial charge in [-0.15, -0.1) is 0 Å². The molecule has 0 radical (unpaired) electrons. The summed E-state index contributed by atoms with van der Waals surface area (Å²) in [5.74, 6) is 0.0930. The molecule has 3 N–H and O–H groups in total. The minimum atomic E-state index is -4.57. The summed E-state index contributed by atoms with van der Waals surface area (Å²) < 4.78 is 49.8. The number of methoxy groups -OCH3 is 1. The molecule has 1 aromatic heterocycles. The molecule has 8 rings (SSSR count). The number of hydrogen-bond donors (Lipinski definition) is 3. The Labute approximate surface area is 333 Å². The van der Waals surface area contributed by atoms with Gasteiger partial charge in [0.2, 0.25) is 0 Å². The Morgan fingerprint density at radius 2 is 1.70 bits per heavy atom. The van der Waals surface area contributed by atoms with Crippen molar-refractivity contribution in [1.29, 1.82) is 0 Å². The fraction of sp³-hybridized carbons (Fsp3) is 0.310. The van der Waals surface area contributed by atoms with Gasteiger partial charge in [0.25, 0.3) is 5.91 Å². The first-order valence-electron chi connectivity index (χ1n) is 18.7. The van der Waals surface area contributed by atoms with Crippen LogP contribution in [0.2, 0.25) is 5.02 Å². The summed E-state index contributed by atoms with van der Waals surface area (Å²) in [6, 6.07) is 27.4. The van der Waals surface area contributed by atoms with Crippen LogP contribution in [0.25, 0.3) is 17.0 Å². The fourth-order valence-electron chi connectivity index (χ4n) is 7.36. The molecule has 3 amide bonds. The van der Waals surface area contributed by atoms with Crippen molar-refractivity contribution in [3.8, 4) is 5.75 Å². The van der Waals surface area contributed by atoms with Crippen LogP contribution in [0.1, 0.15) is 41.3 Å². The topological polar surface area (TPSA) is 115 Å². The highest BCUT2D eigenvalue weighted by Crippen LogP contribution is 2.37. The predicted octanol–water partition coefficient (Wildman–Crippen LogP) is 7.63. The number of amides is 3. The van der Waals surface area contributed by atoms with E-state index in [1.807, 2.05) is 36.4 Å². The highest BCUT2D eigenvalue weighted by Gasteiger charge is 2.38. The quantitative estimate of drug-likeness (QED) is 0.108. The minimum Gasteiger partial charge on any atom is -0.496 e. The summed E-state index contributed by atoms with van der Waals surface area (Å²) in [6.07, 6.45) is -0.820. The lowest BCUT2D eigenvalue weighted by atomic mass is 9.92. The van der Waals surface area contributed by atoms with E-state index in [2.05, 4.69) is 56.2 Å². The average molecular weight is 802 g/mol. The number of ether oxygens (including phenoxy) is 1. The van der Waals surface area contributed by atoms with Gasteiger partial charge in [-0.05, 0) is 74.5 Å². The minimum absolute atomic E-state index is 0.0550. The molecule has 0 spiro atoms. The number of benzene rings is 4. The molecule has 0 saturated carbocycles. The first-order chi connectivity index (χ1) is 27.5. The number of imide groups is 1. The second kappa shape index (κ2) is 17.4. The number of rotatable bonds is 8. The SMILES string of the molecule is CN1CCN(c2ccccc2/C=C2\NC(=O)N(c3ccc(Cl)cc3)C2=O)CC1.COc1cc2onc(C(F)(F)F)c2cc1CNC1CCCNC1c1ccccc1. The number of hydrogen-bond acceptors (Lipinski definition) is 9. The highest BCUT2D eigenvalue weighted by atomic mass is 35.5. The van der Waals surface area contributed by atoms with Gasteiger partial charge in [0.1, 0.15) is 11.4 Å². The van der Waals surface area contributed by atoms with Gasteiger partial charge < -0.3 is 35.0 Å². The lowest BCUT2D eigenvalue weighted by Crippen LogP contribution is -2.45. The van der Waals surface area contributed by atoms with E-state index in [1.54, 1.807) is 30.3 Å². The van der Waals surface area contributed by atoms with E-state index < -0.39 is 17.9 Å². The molecule has 4 aromatic carbocycles. The molecular formula is C42H43ClF3N7O4. The number of para-hydroxylation sites is 1. The Balaban J connectivity index is 0.000000174. The smallest absolute Gasteiger partial charge is 0.437 e. The molecule has 3 saturated heterocycles. The lowest BCUT2D eigenvalue weighted by Gasteiger charge is -2.34. The second-order valence-corrected chi connectivity index (χ2v) is 14.6. The molecule has 2 unspecified atom stereocenters. The largest absolute Gasteiger partial charge is 0.496 e. The fourth-order valence-corrected chi connectivity index (χ4v) is 7.49. The zero-order valence-corrected chi connectivity index (χ0v) is 32.2. The van der Waals surface area contributed by atoms with E-state index in [9.17, 15) is 22.8 Å².